The molecule has 0 aromatic heterocycles. The molecule has 0 bridgehead atoms. The van der Waals surface area contributed by atoms with E-state index in [-0.39, 0.29) is 5.78 Å². The summed E-state index contributed by atoms with van der Waals surface area (Å²) in [6.45, 7) is 2.06. The standard InChI is InChI=1S/C25H19BrO2/c1-17(27)19-11-13-20(14-12-19)23-15-21-9-5-6-10-22(21)24(26)25(23)28-16-18-7-3-2-4-8-18/h2-15H,16H2,1H3. The van der Waals surface area contributed by atoms with Crippen LogP contribution >= 0.6 is 15.9 Å². The third kappa shape index (κ3) is 3.71. The van der Waals surface area contributed by atoms with Crippen LogP contribution in [0.1, 0.15) is 22.8 Å². The Labute approximate surface area is 172 Å². The summed E-state index contributed by atoms with van der Waals surface area (Å²) < 4.78 is 7.22. The highest BCUT2D eigenvalue weighted by atomic mass is 79.9. The lowest BCUT2D eigenvalue weighted by atomic mass is 9.98. The fourth-order valence-electron chi connectivity index (χ4n) is 3.25. The van der Waals surface area contributed by atoms with Crippen molar-refractivity contribution in [1.82, 2.24) is 0 Å². The molecule has 2 nitrogen and oxygen atoms in total. The number of ether oxygens (including phenoxy) is 1. The molecule has 0 unspecified atom stereocenters. The van der Waals surface area contributed by atoms with E-state index in [2.05, 4.69) is 46.3 Å². The van der Waals surface area contributed by atoms with Gasteiger partial charge in [-0.1, -0.05) is 78.9 Å². The molecule has 0 amide bonds. The molecule has 4 aromatic rings. The van der Waals surface area contributed by atoms with Gasteiger partial charge in [0.1, 0.15) is 12.4 Å². The highest BCUT2D eigenvalue weighted by Crippen LogP contribution is 2.42. The third-order valence-electron chi connectivity index (χ3n) is 4.77. The number of hydrogen-bond acceptors (Lipinski definition) is 2. The van der Waals surface area contributed by atoms with Gasteiger partial charge in [0.2, 0.25) is 0 Å². The van der Waals surface area contributed by atoms with Crippen LogP contribution in [-0.2, 0) is 6.61 Å². The summed E-state index contributed by atoms with van der Waals surface area (Å²) in [7, 11) is 0. The Morgan fingerprint density at radius 3 is 2.29 bits per heavy atom. The molecule has 0 fully saturated rings. The van der Waals surface area contributed by atoms with Crippen molar-refractivity contribution in [3.05, 3.63) is 101 Å². The molecule has 0 aliphatic heterocycles. The molecule has 0 atom stereocenters. The molecule has 0 radical (unpaired) electrons. The lowest BCUT2D eigenvalue weighted by molar-refractivity contribution is 0.101. The zero-order valence-electron chi connectivity index (χ0n) is 15.5. The zero-order chi connectivity index (χ0) is 19.5. The average Bonchev–Trinajstić information content (AvgIpc) is 2.74. The van der Waals surface area contributed by atoms with Crippen LogP contribution in [0.25, 0.3) is 21.9 Å². The molecule has 0 spiro atoms. The Morgan fingerprint density at radius 2 is 1.57 bits per heavy atom. The van der Waals surface area contributed by atoms with Gasteiger partial charge in [-0.25, -0.2) is 0 Å². The van der Waals surface area contributed by atoms with Crippen molar-refractivity contribution in [3.63, 3.8) is 0 Å². The van der Waals surface area contributed by atoms with Gasteiger partial charge >= 0.3 is 0 Å². The Hall–Kier alpha value is -2.91. The third-order valence-corrected chi connectivity index (χ3v) is 5.56. The SMILES string of the molecule is CC(=O)c1ccc(-c2cc3ccccc3c(Br)c2OCc2ccccc2)cc1. The van der Waals surface area contributed by atoms with E-state index >= 15 is 0 Å². The minimum atomic E-state index is 0.0618. The Bertz CT molecular complexity index is 1130. The molecule has 28 heavy (non-hydrogen) atoms. The Balaban J connectivity index is 1.82. The molecule has 3 heteroatoms. The van der Waals surface area contributed by atoms with Crippen molar-refractivity contribution >= 4 is 32.5 Å². The van der Waals surface area contributed by atoms with Crippen molar-refractivity contribution in [2.75, 3.05) is 0 Å². The van der Waals surface area contributed by atoms with Crippen LogP contribution in [0.5, 0.6) is 5.75 Å². The van der Waals surface area contributed by atoms with Crippen molar-refractivity contribution < 1.29 is 9.53 Å². The number of carbonyl (C=O) groups excluding carboxylic acids is 1. The zero-order valence-corrected chi connectivity index (χ0v) is 17.1. The summed E-state index contributed by atoms with van der Waals surface area (Å²) in [5.41, 5.74) is 3.83. The van der Waals surface area contributed by atoms with Crippen molar-refractivity contribution in [3.8, 4) is 16.9 Å². The summed E-state index contributed by atoms with van der Waals surface area (Å²) in [4.78, 5) is 11.6. The van der Waals surface area contributed by atoms with E-state index < -0.39 is 0 Å². The molecule has 0 N–H and O–H groups in total. The minimum Gasteiger partial charge on any atom is -0.487 e. The van der Waals surface area contributed by atoms with Gasteiger partial charge in [0.05, 0.1) is 4.47 Å². The fourth-order valence-corrected chi connectivity index (χ4v) is 3.94. The smallest absolute Gasteiger partial charge is 0.159 e. The largest absolute Gasteiger partial charge is 0.487 e. The van der Waals surface area contributed by atoms with Gasteiger partial charge in [0.25, 0.3) is 0 Å². The van der Waals surface area contributed by atoms with Crippen LogP contribution in [0.2, 0.25) is 0 Å². The van der Waals surface area contributed by atoms with Crippen LogP contribution in [0.3, 0.4) is 0 Å². The van der Waals surface area contributed by atoms with Gasteiger partial charge in [-0.3, -0.25) is 4.79 Å². The van der Waals surface area contributed by atoms with Gasteiger partial charge in [-0.05, 0) is 50.8 Å². The van der Waals surface area contributed by atoms with Crippen LogP contribution in [0, 0.1) is 0 Å². The van der Waals surface area contributed by atoms with E-state index in [1.807, 2.05) is 54.6 Å². The predicted molar refractivity (Wildman–Crippen MR) is 118 cm³/mol. The first-order chi connectivity index (χ1) is 13.6. The highest BCUT2D eigenvalue weighted by Gasteiger charge is 2.15. The second-order valence-corrected chi connectivity index (χ2v) is 7.49. The van der Waals surface area contributed by atoms with Gasteiger partial charge in [-0.2, -0.15) is 0 Å². The molecule has 4 aromatic carbocycles. The Morgan fingerprint density at radius 1 is 0.893 bits per heavy atom. The van der Waals surface area contributed by atoms with Crippen LogP contribution in [0.4, 0.5) is 0 Å². The molecule has 0 heterocycles. The maximum Gasteiger partial charge on any atom is 0.159 e. The highest BCUT2D eigenvalue weighted by molar-refractivity contribution is 9.10. The van der Waals surface area contributed by atoms with Crippen LogP contribution in [0.15, 0.2) is 89.4 Å². The maximum atomic E-state index is 11.6. The topological polar surface area (TPSA) is 26.3 Å². The van der Waals surface area contributed by atoms with Gasteiger partial charge in [0.15, 0.2) is 5.78 Å². The quantitative estimate of drug-likeness (QED) is 0.317. The van der Waals surface area contributed by atoms with E-state index in [0.29, 0.717) is 12.2 Å². The lowest BCUT2D eigenvalue weighted by Crippen LogP contribution is -1.99. The number of ketones is 1. The van der Waals surface area contributed by atoms with Crippen molar-refractivity contribution in [2.24, 2.45) is 0 Å². The summed E-state index contributed by atoms with van der Waals surface area (Å²) in [5, 5.41) is 2.24. The number of rotatable bonds is 5. The molecular weight excluding hydrogens is 412 g/mol. The van der Waals surface area contributed by atoms with E-state index in [1.54, 1.807) is 6.92 Å². The molecule has 0 aliphatic carbocycles. The van der Waals surface area contributed by atoms with Crippen molar-refractivity contribution in [2.45, 2.75) is 13.5 Å². The number of benzene rings is 4. The maximum absolute atomic E-state index is 11.6. The number of halogens is 1. The number of carbonyl (C=O) groups is 1. The molecular formula is C25H19BrO2. The molecule has 0 saturated heterocycles. The first-order valence-electron chi connectivity index (χ1n) is 9.13. The van der Waals surface area contributed by atoms with E-state index in [4.69, 9.17) is 4.74 Å². The molecule has 0 saturated carbocycles. The predicted octanol–water partition coefficient (Wildman–Crippen LogP) is 7.05. The summed E-state index contributed by atoms with van der Waals surface area (Å²) >= 11 is 3.76. The van der Waals surface area contributed by atoms with Crippen molar-refractivity contribution in [1.29, 1.82) is 0 Å². The summed E-state index contributed by atoms with van der Waals surface area (Å²) in [6, 6.07) is 28.2. The molecule has 4 rings (SSSR count). The van der Waals surface area contributed by atoms with Gasteiger partial charge in [0, 0.05) is 11.1 Å². The van der Waals surface area contributed by atoms with Crippen LogP contribution in [-0.4, -0.2) is 5.78 Å². The lowest BCUT2D eigenvalue weighted by Gasteiger charge is -2.16. The minimum absolute atomic E-state index is 0.0618. The second-order valence-electron chi connectivity index (χ2n) is 6.70. The first-order valence-corrected chi connectivity index (χ1v) is 9.92. The fraction of sp³-hybridized carbons (Fsp3) is 0.0800. The molecule has 0 aliphatic rings. The Kier molecular flexibility index (Phi) is 5.27. The van der Waals surface area contributed by atoms with Crippen LogP contribution < -0.4 is 4.74 Å². The monoisotopic (exact) mass is 430 g/mol. The van der Waals surface area contributed by atoms with Gasteiger partial charge in [-0.15, -0.1) is 0 Å². The number of hydrogen-bond donors (Lipinski definition) is 0. The molecule has 138 valence electrons. The van der Waals surface area contributed by atoms with Gasteiger partial charge < -0.3 is 4.74 Å². The van der Waals surface area contributed by atoms with E-state index in [0.717, 1.165) is 37.7 Å². The average molecular weight is 431 g/mol. The van der Waals surface area contributed by atoms with E-state index in [1.165, 1.54) is 0 Å². The van der Waals surface area contributed by atoms with E-state index in [9.17, 15) is 4.79 Å². The summed E-state index contributed by atoms with van der Waals surface area (Å²) in [6.07, 6.45) is 0. The number of Topliss-reactive ketones (excluding diaryl/α,β-unsaturated/α-hetero) is 1. The second kappa shape index (κ2) is 7.99. The number of fused-ring (bicyclic) bond motifs is 1. The first kappa shape index (κ1) is 18.5. The normalized spacial score (nSPS) is 10.8. The summed E-state index contributed by atoms with van der Waals surface area (Å²) in [5.74, 6) is 0.866.